The van der Waals surface area contributed by atoms with Gasteiger partial charge in [0, 0.05) is 19.1 Å². The largest absolute Gasteiger partial charge is 0.346 e. The summed E-state index contributed by atoms with van der Waals surface area (Å²) in [6.07, 6.45) is 3.84. The molecule has 0 bridgehead atoms. The standard InChI is InChI=1S/C11H18N4S/c1-7-13-14-11(16-7)15-5-8-3-2-4-10(12)9(8)6-15/h8-10H,2-6,12H2,1H3. The summed E-state index contributed by atoms with van der Waals surface area (Å²) >= 11 is 1.69. The van der Waals surface area contributed by atoms with E-state index < -0.39 is 0 Å². The van der Waals surface area contributed by atoms with Crippen LogP contribution in [0.3, 0.4) is 0 Å². The molecule has 0 radical (unpaired) electrons. The number of rotatable bonds is 1. The van der Waals surface area contributed by atoms with Crippen molar-refractivity contribution in [3.05, 3.63) is 5.01 Å². The number of fused-ring (bicyclic) bond motifs is 1. The van der Waals surface area contributed by atoms with Crippen LogP contribution < -0.4 is 10.6 Å². The molecule has 3 unspecified atom stereocenters. The highest BCUT2D eigenvalue weighted by atomic mass is 32.1. The molecule has 1 aromatic heterocycles. The van der Waals surface area contributed by atoms with E-state index in [0.717, 1.165) is 29.1 Å². The van der Waals surface area contributed by atoms with Gasteiger partial charge in [0.25, 0.3) is 0 Å². The van der Waals surface area contributed by atoms with E-state index in [-0.39, 0.29) is 0 Å². The zero-order valence-corrected chi connectivity index (χ0v) is 10.4. The van der Waals surface area contributed by atoms with Crippen molar-refractivity contribution < 1.29 is 0 Å². The Hall–Kier alpha value is -0.680. The van der Waals surface area contributed by atoms with Gasteiger partial charge in [-0.1, -0.05) is 17.8 Å². The van der Waals surface area contributed by atoms with E-state index >= 15 is 0 Å². The Bertz CT molecular complexity index is 378. The van der Waals surface area contributed by atoms with Gasteiger partial charge in [-0.25, -0.2) is 0 Å². The summed E-state index contributed by atoms with van der Waals surface area (Å²) in [6, 6.07) is 0.401. The van der Waals surface area contributed by atoms with Crippen LogP contribution in [-0.4, -0.2) is 29.3 Å². The molecule has 0 aromatic carbocycles. The zero-order valence-electron chi connectivity index (χ0n) is 9.59. The molecule has 1 saturated heterocycles. The fraction of sp³-hybridized carbons (Fsp3) is 0.818. The smallest absolute Gasteiger partial charge is 0.208 e. The van der Waals surface area contributed by atoms with E-state index in [1.54, 1.807) is 11.3 Å². The van der Waals surface area contributed by atoms with E-state index in [2.05, 4.69) is 15.1 Å². The van der Waals surface area contributed by atoms with Gasteiger partial charge in [0.2, 0.25) is 5.13 Å². The monoisotopic (exact) mass is 238 g/mol. The highest BCUT2D eigenvalue weighted by molar-refractivity contribution is 7.15. The topological polar surface area (TPSA) is 55.0 Å². The molecule has 2 heterocycles. The average molecular weight is 238 g/mol. The van der Waals surface area contributed by atoms with Crippen molar-refractivity contribution in [2.75, 3.05) is 18.0 Å². The van der Waals surface area contributed by atoms with Gasteiger partial charge in [-0.05, 0) is 31.6 Å². The molecule has 4 nitrogen and oxygen atoms in total. The molecule has 2 fully saturated rings. The lowest BCUT2D eigenvalue weighted by Gasteiger charge is -2.29. The van der Waals surface area contributed by atoms with Gasteiger partial charge in [0.05, 0.1) is 0 Å². The third kappa shape index (κ3) is 1.72. The summed E-state index contributed by atoms with van der Waals surface area (Å²) in [4.78, 5) is 2.38. The minimum atomic E-state index is 0.401. The minimum absolute atomic E-state index is 0.401. The minimum Gasteiger partial charge on any atom is -0.346 e. The molecule has 3 atom stereocenters. The Morgan fingerprint density at radius 3 is 2.88 bits per heavy atom. The van der Waals surface area contributed by atoms with Crippen molar-refractivity contribution in [2.24, 2.45) is 17.6 Å². The SMILES string of the molecule is Cc1nnc(N2CC3CCCC(N)C3C2)s1. The molecule has 1 aromatic rings. The summed E-state index contributed by atoms with van der Waals surface area (Å²) in [5, 5.41) is 10.5. The van der Waals surface area contributed by atoms with Crippen LogP contribution in [0, 0.1) is 18.8 Å². The second-order valence-corrected chi connectivity index (χ2v) is 6.19. The van der Waals surface area contributed by atoms with E-state index in [4.69, 9.17) is 5.73 Å². The fourth-order valence-corrected chi connectivity index (χ4v) is 3.79. The molecule has 1 saturated carbocycles. The number of aromatic nitrogens is 2. The second kappa shape index (κ2) is 3.96. The Kier molecular flexibility index (Phi) is 2.59. The maximum Gasteiger partial charge on any atom is 0.208 e. The summed E-state index contributed by atoms with van der Waals surface area (Å²) in [5.74, 6) is 1.46. The number of nitrogens with zero attached hydrogens (tertiary/aromatic N) is 3. The van der Waals surface area contributed by atoms with Gasteiger partial charge < -0.3 is 10.6 Å². The Balaban J connectivity index is 1.76. The number of nitrogens with two attached hydrogens (primary N) is 1. The van der Waals surface area contributed by atoms with Crippen LogP contribution in [0.25, 0.3) is 0 Å². The van der Waals surface area contributed by atoms with Crippen LogP contribution in [0.2, 0.25) is 0 Å². The first-order valence-electron chi connectivity index (χ1n) is 6.04. The number of aryl methyl sites for hydroxylation is 1. The molecule has 0 amide bonds. The van der Waals surface area contributed by atoms with Crippen molar-refractivity contribution in [1.82, 2.24) is 10.2 Å². The summed E-state index contributed by atoms with van der Waals surface area (Å²) in [6.45, 7) is 4.23. The van der Waals surface area contributed by atoms with Gasteiger partial charge in [0.15, 0.2) is 0 Å². The number of hydrogen-bond donors (Lipinski definition) is 1. The molecule has 2 N–H and O–H groups in total. The lowest BCUT2D eigenvalue weighted by molar-refractivity contribution is 0.260. The molecule has 1 aliphatic heterocycles. The van der Waals surface area contributed by atoms with E-state index in [0.29, 0.717) is 12.0 Å². The molecule has 88 valence electrons. The van der Waals surface area contributed by atoms with Crippen LogP contribution >= 0.6 is 11.3 Å². The normalized spacial score (nSPS) is 34.1. The molecule has 2 aliphatic rings. The highest BCUT2D eigenvalue weighted by Gasteiger charge is 2.39. The van der Waals surface area contributed by atoms with Crippen LogP contribution in [0.4, 0.5) is 5.13 Å². The summed E-state index contributed by atoms with van der Waals surface area (Å²) in [5.41, 5.74) is 6.21. The summed E-state index contributed by atoms with van der Waals surface area (Å²) in [7, 11) is 0. The molecule has 16 heavy (non-hydrogen) atoms. The van der Waals surface area contributed by atoms with Crippen LogP contribution in [-0.2, 0) is 0 Å². The van der Waals surface area contributed by atoms with Crippen molar-refractivity contribution in [3.63, 3.8) is 0 Å². The van der Waals surface area contributed by atoms with Crippen LogP contribution in [0.15, 0.2) is 0 Å². The highest BCUT2D eigenvalue weighted by Crippen LogP contribution is 2.38. The molecule has 0 spiro atoms. The molecule has 1 aliphatic carbocycles. The molecular weight excluding hydrogens is 220 g/mol. The first-order chi connectivity index (χ1) is 7.74. The third-order valence-electron chi connectivity index (χ3n) is 3.94. The van der Waals surface area contributed by atoms with Gasteiger partial charge in [-0.3, -0.25) is 0 Å². The average Bonchev–Trinajstić information content (AvgIpc) is 2.84. The zero-order chi connectivity index (χ0) is 11.1. The fourth-order valence-electron chi connectivity index (χ4n) is 3.09. The lowest BCUT2D eigenvalue weighted by atomic mass is 9.78. The number of hydrogen-bond acceptors (Lipinski definition) is 5. The Morgan fingerprint density at radius 2 is 2.19 bits per heavy atom. The first kappa shape index (κ1) is 10.5. The Morgan fingerprint density at radius 1 is 1.31 bits per heavy atom. The van der Waals surface area contributed by atoms with E-state index in [1.165, 1.54) is 19.3 Å². The van der Waals surface area contributed by atoms with E-state index in [1.807, 2.05) is 6.92 Å². The molecular formula is C11H18N4S. The third-order valence-corrected chi connectivity index (χ3v) is 4.84. The first-order valence-corrected chi connectivity index (χ1v) is 6.86. The maximum atomic E-state index is 6.21. The quantitative estimate of drug-likeness (QED) is 0.803. The van der Waals surface area contributed by atoms with Crippen molar-refractivity contribution in [3.8, 4) is 0 Å². The molecule has 3 rings (SSSR count). The lowest BCUT2D eigenvalue weighted by Crippen LogP contribution is -2.38. The van der Waals surface area contributed by atoms with Gasteiger partial charge >= 0.3 is 0 Å². The van der Waals surface area contributed by atoms with Gasteiger partial charge in [-0.2, -0.15) is 0 Å². The van der Waals surface area contributed by atoms with Crippen molar-refractivity contribution in [2.45, 2.75) is 32.2 Å². The van der Waals surface area contributed by atoms with Crippen molar-refractivity contribution in [1.29, 1.82) is 0 Å². The maximum absolute atomic E-state index is 6.21. The molecule has 5 heteroatoms. The predicted octanol–water partition coefficient (Wildman–Crippen LogP) is 1.41. The Labute approximate surface area is 99.9 Å². The van der Waals surface area contributed by atoms with Gasteiger partial charge in [-0.15, -0.1) is 10.2 Å². The van der Waals surface area contributed by atoms with Crippen LogP contribution in [0.5, 0.6) is 0 Å². The van der Waals surface area contributed by atoms with Gasteiger partial charge in [0.1, 0.15) is 5.01 Å². The van der Waals surface area contributed by atoms with Crippen molar-refractivity contribution >= 4 is 16.5 Å². The predicted molar refractivity (Wildman–Crippen MR) is 65.7 cm³/mol. The van der Waals surface area contributed by atoms with Crippen LogP contribution in [0.1, 0.15) is 24.3 Å². The number of anilines is 1. The second-order valence-electron chi connectivity index (χ2n) is 5.03. The van der Waals surface area contributed by atoms with E-state index in [9.17, 15) is 0 Å². The summed E-state index contributed by atoms with van der Waals surface area (Å²) < 4.78 is 0.